The Morgan fingerprint density at radius 3 is 2.50 bits per heavy atom. The van der Waals surface area contributed by atoms with Crippen molar-refractivity contribution in [1.29, 1.82) is 0 Å². The minimum absolute atomic E-state index is 0.223. The number of hydrogen-bond acceptors (Lipinski definition) is 7. The first-order valence-electron chi connectivity index (χ1n) is 10.5. The number of aromatic nitrogens is 3. The zero-order valence-electron chi connectivity index (χ0n) is 17.9. The van der Waals surface area contributed by atoms with E-state index < -0.39 is 24.0 Å². The van der Waals surface area contributed by atoms with Gasteiger partial charge in [0.2, 0.25) is 0 Å². The van der Waals surface area contributed by atoms with Crippen molar-refractivity contribution < 1.29 is 23.1 Å². The van der Waals surface area contributed by atoms with E-state index >= 15 is 0 Å². The lowest BCUT2D eigenvalue weighted by molar-refractivity contribution is 0.0902. The largest absolute Gasteiger partial charge is 0.457 e. The van der Waals surface area contributed by atoms with Crippen LogP contribution in [-0.2, 0) is 20.0 Å². The Morgan fingerprint density at radius 2 is 1.88 bits per heavy atom. The number of aliphatic hydroxyl groups is 1. The molecule has 3 aromatic rings. The molecule has 1 saturated heterocycles. The first kappa shape index (κ1) is 22.6. The number of carbonyl (C=O) groups excluding carboxylic acids is 1. The topological polar surface area (TPSA) is 84.4 Å². The summed E-state index contributed by atoms with van der Waals surface area (Å²) >= 11 is 0.770. The number of rotatable bonds is 8. The molecular weight excluding hydrogens is 438 g/mol. The second-order valence-corrected chi connectivity index (χ2v) is 8.69. The van der Waals surface area contributed by atoms with E-state index in [0.29, 0.717) is 11.6 Å². The standard InChI is InChI=1S/C22H24F2N4O3S/c1-3-18-14(11-28-6-4-5-7-28)10-19(31-18)21-25-26-22(27(21)2)32-20-15(23)8-13(9-16(20)24)17(30)12-29/h8-10,29H,3-7,11-12H2,1-2H3. The second-order valence-electron chi connectivity index (χ2n) is 7.71. The summed E-state index contributed by atoms with van der Waals surface area (Å²) in [5.74, 6) is -0.656. The number of hydrogen-bond donors (Lipinski definition) is 1. The summed E-state index contributed by atoms with van der Waals surface area (Å²) in [4.78, 5) is 13.6. The molecule has 1 fully saturated rings. The molecule has 1 aliphatic rings. The van der Waals surface area contributed by atoms with E-state index in [1.807, 2.05) is 13.0 Å². The summed E-state index contributed by atoms with van der Waals surface area (Å²) in [6.45, 7) is 4.19. The third kappa shape index (κ3) is 4.48. The number of Topliss-reactive ketones (excluding diaryl/α,β-unsaturated/α-hetero) is 1. The van der Waals surface area contributed by atoms with Crippen LogP contribution in [0, 0.1) is 11.6 Å². The van der Waals surface area contributed by atoms with Gasteiger partial charge in [0, 0.05) is 31.1 Å². The van der Waals surface area contributed by atoms with E-state index in [9.17, 15) is 13.6 Å². The third-order valence-corrected chi connectivity index (χ3v) is 6.66. The van der Waals surface area contributed by atoms with Crippen LogP contribution in [0.1, 0.15) is 41.4 Å². The van der Waals surface area contributed by atoms with Crippen LogP contribution in [0.15, 0.2) is 32.7 Å². The van der Waals surface area contributed by atoms with Gasteiger partial charge in [-0.15, -0.1) is 10.2 Å². The average molecular weight is 463 g/mol. The molecular formula is C22H24F2N4O3S. The number of likely N-dealkylation sites (tertiary alicyclic amines) is 1. The maximum atomic E-state index is 14.5. The summed E-state index contributed by atoms with van der Waals surface area (Å²) < 4.78 is 36.6. The van der Waals surface area contributed by atoms with E-state index in [0.717, 1.165) is 61.3 Å². The van der Waals surface area contributed by atoms with Gasteiger partial charge >= 0.3 is 0 Å². The summed E-state index contributed by atoms with van der Waals surface area (Å²) in [6.07, 6.45) is 3.16. The van der Waals surface area contributed by atoms with Crippen molar-refractivity contribution in [2.45, 2.75) is 42.8 Å². The molecule has 170 valence electrons. The smallest absolute Gasteiger partial charge is 0.200 e. The van der Waals surface area contributed by atoms with Crippen molar-refractivity contribution in [2.24, 2.45) is 7.05 Å². The lowest BCUT2D eigenvalue weighted by Gasteiger charge is -2.13. The fourth-order valence-electron chi connectivity index (χ4n) is 3.81. The summed E-state index contributed by atoms with van der Waals surface area (Å²) in [5.41, 5.74) is 0.890. The molecule has 7 nitrogen and oxygen atoms in total. The molecule has 1 aliphatic heterocycles. The zero-order valence-corrected chi connectivity index (χ0v) is 18.7. The van der Waals surface area contributed by atoms with Gasteiger partial charge in [0.1, 0.15) is 24.0 Å². The molecule has 10 heteroatoms. The average Bonchev–Trinajstić information content (AvgIpc) is 3.51. The fraction of sp³-hybridized carbons (Fsp3) is 0.409. The number of carbonyl (C=O) groups is 1. The molecule has 0 atom stereocenters. The number of furan rings is 1. The highest BCUT2D eigenvalue weighted by Crippen LogP contribution is 2.34. The molecule has 0 radical (unpaired) electrons. The second kappa shape index (κ2) is 9.51. The Balaban J connectivity index is 1.59. The number of halogens is 2. The molecule has 32 heavy (non-hydrogen) atoms. The molecule has 0 saturated carbocycles. The first-order chi connectivity index (χ1) is 15.4. The lowest BCUT2D eigenvalue weighted by Crippen LogP contribution is -2.18. The van der Waals surface area contributed by atoms with Crippen LogP contribution in [0.3, 0.4) is 0 Å². The van der Waals surface area contributed by atoms with E-state index in [-0.39, 0.29) is 15.6 Å². The van der Waals surface area contributed by atoms with Gasteiger partial charge in [0.15, 0.2) is 22.5 Å². The molecule has 0 amide bonds. The minimum Gasteiger partial charge on any atom is -0.457 e. The molecule has 1 aromatic carbocycles. The molecule has 2 aromatic heterocycles. The molecule has 0 bridgehead atoms. The number of ketones is 1. The van der Waals surface area contributed by atoms with Crippen molar-refractivity contribution >= 4 is 17.5 Å². The van der Waals surface area contributed by atoms with Crippen molar-refractivity contribution in [3.05, 3.63) is 46.7 Å². The Hall–Kier alpha value is -2.56. The van der Waals surface area contributed by atoms with Crippen LogP contribution >= 0.6 is 11.8 Å². The van der Waals surface area contributed by atoms with Crippen LogP contribution in [-0.4, -0.2) is 50.3 Å². The van der Waals surface area contributed by atoms with Gasteiger partial charge in [-0.25, -0.2) is 8.78 Å². The van der Waals surface area contributed by atoms with Crippen molar-refractivity contribution in [2.75, 3.05) is 19.7 Å². The SMILES string of the molecule is CCc1oc(-c2nnc(Sc3c(F)cc(C(=O)CO)cc3F)n2C)cc1CN1CCCC1. The highest BCUT2D eigenvalue weighted by Gasteiger charge is 2.23. The van der Waals surface area contributed by atoms with Gasteiger partial charge < -0.3 is 14.1 Å². The van der Waals surface area contributed by atoms with Crippen LogP contribution in [0.2, 0.25) is 0 Å². The van der Waals surface area contributed by atoms with E-state index in [4.69, 9.17) is 9.52 Å². The highest BCUT2D eigenvalue weighted by atomic mass is 32.2. The van der Waals surface area contributed by atoms with E-state index in [1.165, 1.54) is 12.8 Å². The van der Waals surface area contributed by atoms with Crippen LogP contribution in [0.4, 0.5) is 8.78 Å². The number of aliphatic hydroxyl groups excluding tert-OH is 1. The van der Waals surface area contributed by atoms with Crippen molar-refractivity contribution in [3.63, 3.8) is 0 Å². The molecule has 0 spiro atoms. The van der Waals surface area contributed by atoms with Gasteiger partial charge in [-0.05, 0) is 55.9 Å². The monoisotopic (exact) mass is 462 g/mol. The maximum Gasteiger partial charge on any atom is 0.200 e. The predicted molar refractivity (Wildman–Crippen MR) is 114 cm³/mol. The molecule has 0 aliphatic carbocycles. The fourth-order valence-corrected chi connectivity index (χ4v) is 4.61. The quantitative estimate of drug-likeness (QED) is 0.509. The molecule has 0 unspecified atom stereocenters. The zero-order chi connectivity index (χ0) is 22.8. The van der Waals surface area contributed by atoms with Crippen LogP contribution in [0.5, 0.6) is 0 Å². The predicted octanol–water partition coefficient (Wildman–Crippen LogP) is 3.84. The molecule has 3 heterocycles. The van der Waals surface area contributed by atoms with Crippen molar-refractivity contribution in [3.8, 4) is 11.6 Å². The molecule has 4 rings (SSSR count). The number of nitrogens with zero attached hydrogens (tertiary/aromatic N) is 4. The summed E-state index contributed by atoms with van der Waals surface area (Å²) in [5, 5.41) is 17.4. The van der Waals surface area contributed by atoms with Gasteiger partial charge in [-0.2, -0.15) is 0 Å². The Morgan fingerprint density at radius 1 is 1.19 bits per heavy atom. The Labute approximate surface area is 188 Å². The van der Waals surface area contributed by atoms with Gasteiger partial charge in [0.25, 0.3) is 0 Å². The summed E-state index contributed by atoms with van der Waals surface area (Å²) in [7, 11) is 1.70. The van der Waals surface area contributed by atoms with Crippen LogP contribution in [0.25, 0.3) is 11.6 Å². The van der Waals surface area contributed by atoms with Crippen LogP contribution < -0.4 is 0 Å². The van der Waals surface area contributed by atoms with E-state index in [2.05, 4.69) is 15.1 Å². The molecule has 1 N–H and O–H groups in total. The minimum atomic E-state index is -0.907. The summed E-state index contributed by atoms with van der Waals surface area (Å²) in [6, 6.07) is 3.78. The highest BCUT2D eigenvalue weighted by molar-refractivity contribution is 7.99. The first-order valence-corrected chi connectivity index (χ1v) is 11.3. The lowest BCUT2D eigenvalue weighted by atomic mass is 10.1. The van der Waals surface area contributed by atoms with Gasteiger partial charge in [-0.1, -0.05) is 6.92 Å². The number of benzene rings is 1. The van der Waals surface area contributed by atoms with Crippen molar-refractivity contribution in [1.82, 2.24) is 19.7 Å². The Bertz CT molecular complexity index is 1120. The van der Waals surface area contributed by atoms with Gasteiger partial charge in [0.05, 0.1) is 4.90 Å². The van der Waals surface area contributed by atoms with Gasteiger partial charge in [-0.3, -0.25) is 9.69 Å². The van der Waals surface area contributed by atoms with E-state index in [1.54, 1.807) is 11.6 Å². The third-order valence-electron chi connectivity index (χ3n) is 5.52. The Kier molecular flexibility index (Phi) is 6.73. The maximum absolute atomic E-state index is 14.5. The number of aryl methyl sites for hydroxylation is 1. The normalized spacial score (nSPS) is 14.4.